The van der Waals surface area contributed by atoms with Crippen LogP contribution < -0.4 is 15.2 Å². The molecule has 0 aliphatic carbocycles. The highest BCUT2D eigenvalue weighted by atomic mass is 32.2. The minimum absolute atomic E-state index is 0.0299. The first kappa shape index (κ1) is 20.7. The zero-order valence-corrected chi connectivity index (χ0v) is 14.8. The predicted molar refractivity (Wildman–Crippen MR) is 91.5 cm³/mol. The summed E-state index contributed by atoms with van der Waals surface area (Å²) in [7, 11) is -4.09. The molecule has 0 heterocycles. The third-order valence-corrected chi connectivity index (χ3v) is 4.92. The summed E-state index contributed by atoms with van der Waals surface area (Å²) in [5, 5.41) is 0. The molecule has 0 aromatic heterocycles. The van der Waals surface area contributed by atoms with Crippen LogP contribution >= 0.6 is 0 Å². The number of ether oxygens (including phenoxy) is 1. The van der Waals surface area contributed by atoms with Crippen LogP contribution in [-0.4, -0.2) is 27.5 Å². The van der Waals surface area contributed by atoms with E-state index in [4.69, 9.17) is 10.5 Å². The van der Waals surface area contributed by atoms with Crippen LogP contribution in [0.2, 0.25) is 0 Å². The minimum atomic E-state index is -4.63. The third kappa shape index (κ3) is 6.26. The number of benzene rings is 2. The molecule has 0 saturated carbocycles. The van der Waals surface area contributed by atoms with Gasteiger partial charge < -0.3 is 10.5 Å². The van der Waals surface area contributed by atoms with Crippen LogP contribution in [0.1, 0.15) is 11.1 Å². The number of carbonyl (C=O) groups is 1. The molecule has 0 aliphatic heterocycles. The van der Waals surface area contributed by atoms with Gasteiger partial charge in [0.25, 0.3) is 5.91 Å². The summed E-state index contributed by atoms with van der Waals surface area (Å²) in [4.78, 5) is 10.2. The molecule has 27 heavy (non-hydrogen) atoms. The van der Waals surface area contributed by atoms with Crippen LogP contribution in [0.25, 0.3) is 0 Å². The van der Waals surface area contributed by atoms with Gasteiger partial charge in [-0.1, -0.05) is 18.2 Å². The lowest BCUT2D eigenvalue weighted by atomic mass is 10.1. The summed E-state index contributed by atoms with van der Waals surface area (Å²) >= 11 is 0. The van der Waals surface area contributed by atoms with E-state index in [0.717, 1.165) is 18.2 Å². The topological polar surface area (TPSA) is 98.5 Å². The number of rotatable bonds is 8. The summed E-state index contributed by atoms with van der Waals surface area (Å²) in [6.07, 6.45) is -4.36. The molecule has 0 atom stereocenters. The Labute approximate surface area is 154 Å². The molecule has 3 N–H and O–H groups in total. The highest BCUT2D eigenvalue weighted by Crippen LogP contribution is 2.30. The van der Waals surface area contributed by atoms with Crippen LogP contribution in [0, 0.1) is 0 Å². The van der Waals surface area contributed by atoms with Gasteiger partial charge in [-0.15, -0.1) is 0 Å². The maximum Gasteiger partial charge on any atom is 0.416 e. The van der Waals surface area contributed by atoms with Crippen LogP contribution in [0.15, 0.2) is 53.4 Å². The second-order valence-electron chi connectivity index (χ2n) is 5.58. The molecule has 10 heteroatoms. The van der Waals surface area contributed by atoms with Crippen molar-refractivity contribution >= 4 is 15.9 Å². The SMILES string of the molecule is NC(=O)COc1cccc(CCNS(=O)(=O)c2cccc(C(F)(F)F)c2)c1. The van der Waals surface area contributed by atoms with E-state index in [9.17, 15) is 26.4 Å². The van der Waals surface area contributed by atoms with Gasteiger partial charge >= 0.3 is 6.18 Å². The first-order chi connectivity index (χ1) is 12.6. The Balaban J connectivity index is 2.00. The number of amides is 1. The fourth-order valence-electron chi connectivity index (χ4n) is 2.20. The highest BCUT2D eigenvalue weighted by Gasteiger charge is 2.31. The molecule has 0 fully saturated rings. The first-order valence-corrected chi connectivity index (χ1v) is 9.23. The molecule has 0 unspecified atom stereocenters. The fraction of sp³-hybridized carbons (Fsp3) is 0.235. The number of hydrogen-bond acceptors (Lipinski definition) is 4. The molecule has 0 spiro atoms. The lowest BCUT2D eigenvalue weighted by molar-refractivity contribution is -0.137. The molecule has 0 aliphatic rings. The van der Waals surface area contributed by atoms with Crippen molar-refractivity contribution in [2.45, 2.75) is 17.5 Å². The standard InChI is InChI=1S/C17H17F3N2O4S/c18-17(19,20)13-4-2-6-15(10-13)27(24,25)22-8-7-12-3-1-5-14(9-12)26-11-16(21)23/h1-6,9-10,22H,7-8,11H2,(H2,21,23). The molecule has 2 aromatic carbocycles. The van der Waals surface area contributed by atoms with Crippen molar-refractivity contribution in [3.8, 4) is 5.75 Å². The van der Waals surface area contributed by atoms with Gasteiger partial charge in [0.15, 0.2) is 6.61 Å². The van der Waals surface area contributed by atoms with Crippen molar-refractivity contribution in [2.75, 3.05) is 13.2 Å². The number of nitrogens with one attached hydrogen (secondary N) is 1. The van der Waals surface area contributed by atoms with Gasteiger partial charge in [0, 0.05) is 6.54 Å². The average molecular weight is 402 g/mol. The zero-order chi connectivity index (χ0) is 20.1. The largest absolute Gasteiger partial charge is 0.484 e. The highest BCUT2D eigenvalue weighted by molar-refractivity contribution is 7.89. The Morgan fingerprint density at radius 3 is 2.48 bits per heavy atom. The molecule has 0 saturated heterocycles. The third-order valence-electron chi connectivity index (χ3n) is 3.46. The number of halogens is 3. The van der Waals surface area contributed by atoms with Gasteiger partial charge in [-0.3, -0.25) is 4.79 Å². The summed E-state index contributed by atoms with van der Waals surface area (Å²) in [5.41, 5.74) is 4.66. The van der Waals surface area contributed by atoms with Crippen LogP contribution in [0.5, 0.6) is 5.75 Å². The number of sulfonamides is 1. The van der Waals surface area contributed by atoms with Crippen molar-refractivity contribution in [2.24, 2.45) is 5.73 Å². The number of primary amides is 1. The minimum Gasteiger partial charge on any atom is -0.484 e. The van der Waals surface area contributed by atoms with E-state index in [0.29, 0.717) is 17.4 Å². The zero-order valence-electron chi connectivity index (χ0n) is 14.0. The van der Waals surface area contributed by atoms with Gasteiger partial charge in [0.2, 0.25) is 10.0 Å². The molecule has 146 valence electrons. The van der Waals surface area contributed by atoms with Crippen LogP contribution in [0.3, 0.4) is 0 Å². The maximum absolute atomic E-state index is 12.7. The van der Waals surface area contributed by atoms with E-state index in [1.165, 1.54) is 0 Å². The second-order valence-corrected chi connectivity index (χ2v) is 7.34. The maximum atomic E-state index is 12.7. The Kier molecular flexibility index (Phi) is 6.45. The molecule has 0 bridgehead atoms. The number of nitrogens with two attached hydrogens (primary N) is 1. The monoisotopic (exact) mass is 402 g/mol. The molecule has 6 nitrogen and oxygen atoms in total. The summed E-state index contributed by atoms with van der Waals surface area (Å²) in [5.74, 6) is -0.235. The van der Waals surface area contributed by atoms with Gasteiger partial charge in [0.1, 0.15) is 5.75 Å². The van der Waals surface area contributed by atoms with E-state index >= 15 is 0 Å². The first-order valence-electron chi connectivity index (χ1n) is 7.75. The molecule has 1 amide bonds. The van der Waals surface area contributed by atoms with Crippen molar-refractivity contribution < 1.29 is 31.1 Å². The van der Waals surface area contributed by atoms with E-state index in [1.54, 1.807) is 24.3 Å². The lowest BCUT2D eigenvalue weighted by Crippen LogP contribution is -2.26. The Hall–Kier alpha value is -2.59. The quantitative estimate of drug-likeness (QED) is 0.706. The number of carbonyl (C=O) groups excluding carboxylic acids is 1. The van der Waals surface area contributed by atoms with Gasteiger partial charge in [-0.2, -0.15) is 13.2 Å². The van der Waals surface area contributed by atoms with Crippen LogP contribution in [-0.2, 0) is 27.4 Å². The Morgan fingerprint density at radius 1 is 1.11 bits per heavy atom. The van der Waals surface area contributed by atoms with Crippen molar-refractivity contribution in [1.82, 2.24) is 4.72 Å². The molecule has 2 rings (SSSR count). The molecular weight excluding hydrogens is 385 g/mol. The molecule has 2 aromatic rings. The average Bonchev–Trinajstić information content (AvgIpc) is 2.59. The Bertz CT molecular complexity index is 914. The number of alkyl halides is 3. The molecule has 0 radical (unpaired) electrons. The summed E-state index contributed by atoms with van der Waals surface area (Å²) in [6.45, 7) is -0.316. The summed E-state index contributed by atoms with van der Waals surface area (Å²) in [6, 6.07) is 10.1. The fourth-order valence-corrected chi connectivity index (χ4v) is 3.28. The van der Waals surface area contributed by atoms with Crippen LogP contribution in [0.4, 0.5) is 13.2 Å². The predicted octanol–water partition coefficient (Wildman–Crippen LogP) is 2.09. The van der Waals surface area contributed by atoms with E-state index in [1.807, 2.05) is 0 Å². The normalized spacial score (nSPS) is 12.0. The lowest BCUT2D eigenvalue weighted by Gasteiger charge is -2.11. The smallest absolute Gasteiger partial charge is 0.416 e. The van der Waals surface area contributed by atoms with Crippen molar-refractivity contribution in [3.05, 3.63) is 59.7 Å². The van der Waals surface area contributed by atoms with E-state index in [2.05, 4.69) is 4.72 Å². The van der Waals surface area contributed by atoms with E-state index < -0.39 is 32.6 Å². The Morgan fingerprint density at radius 2 is 1.81 bits per heavy atom. The van der Waals surface area contributed by atoms with Gasteiger partial charge in [-0.05, 0) is 42.3 Å². The molecular formula is C17H17F3N2O4S. The van der Waals surface area contributed by atoms with Crippen molar-refractivity contribution in [1.29, 1.82) is 0 Å². The second kappa shape index (κ2) is 8.40. The van der Waals surface area contributed by atoms with Gasteiger partial charge in [0.05, 0.1) is 10.5 Å². The summed E-state index contributed by atoms with van der Waals surface area (Å²) < 4.78 is 70.0. The van der Waals surface area contributed by atoms with Crippen molar-refractivity contribution in [3.63, 3.8) is 0 Å². The van der Waals surface area contributed by atoms with E-state index in [-0.39, 0.29) is 19.6 Å². The number of hydrogen-bond donors (Lipinski definition) is 2. The van der Waals surface area contributed by atoms with Gasteiger partial charge in [-0.25, -0.2) is 13.1 Å².